The van der Waals surface area contributed by atoms with Crippen LogP contribution in [-0.4, -0.2) is 52.3 Å². The summed E-state index contributed by atoms with van der Waals surface area (Å²) in [5, 5.41) is 0. The molecule has 8 nitrogen and oxygen atoms in total. The van der Waals surface area contributed by atoms with E-state index in [2.05, 4.69) is 4.57 Å². The van der Waals surface area contributed by atoms with Crippen molar-refractivity contribution in [3.63, 3.8) is 0 Å². The number of rotatable bonds is 7. The molecular weight excluding hydrogens is 432 g/mol. The van der Waals surface area contributed by atoms with Gasteiger partial charge in [-0.2, -0.15) is 4.31 Å². The van der Waals surface area contributed by atoms with Crippen LogP contribution in [0.25, 0.3) is 0 Å². The van der Waals surface area contributed by atoms with Gasteiger partial charge in [-0.15, -0.1) is 0 Å². The fourth-order valence-corrected chi connectivity index (χ4v) is 5.68. The molecule has 4 rings (SSSR count). The first-order valence-electron chi connectivity index (χ1n) is 10.1. The average Bonchev–Trinajstić information content (AvgIpc) is 3.31. The van der Waals surface area contributed by atoms with Crippen LogP contribution in [0.15, 0.2) is 59.6 Å². The highest BCUT2D eigenvalue weighted by atomic mass is 32.2. The average molecular weight is 459 g/mol. The molecular formula is C23H26N2O6S. The summed E-state index contributed by atoms with van der Waals surface area (Å²) in [7, 11) is 2.35. The van der Waals surface area contributed by atoms with Gasteiger partial charge in [-0.25, -0.2) is 8.42 Å². The maximum absolute atomic E-state index is 13.7. The molecule has 9 heteroatoms. The topological polar surface area (TPSA) is 79.2 Å². The van der Waals surface area contributed by atoms with Crippen LogP contribution in [0, 0.1) is 0 Å². The zero-order chi connectivity index (χ0) is 22.9. The van der Waals surface area contributed by atoms with Gasteiger partial charge in [0.2, 0.25) is 15.8 Å². The number of sulfonamides is 1. The van der Waals surface area contributed by atoms with Crippen LogP contribution in [0.4, 0.5) is 0 Å². The molecule has 1 atom stereocenters. The van der Waals surface area contributed by atoms with Crippen LogP contribution in [0.2, 0.25) is 0 Å². The van der Waals surface area contributed by atoms with Gasteiger partial charge in [-0.1, -0.05) is 0 Å². The van der Waals surface area contributed by atoms with Crippen molar-refractivity contribution < 1.29 is 27.4 Å². The minimum Gasteiger partial charge on any atom is -0.497 e. The molecule has 170 valence electrons. The first-order valence-corrected chi connectivity index (χ1v) is 11.5. The van der Waals surface area contributed by atoms with Crippen molar-refractivity contribution in [2.24, 2.45) is 0 Å². The lowest BCUT2D eigenvalue weighted by Crippen LogP contribution is -2.42. The zero-order valence-electron chi connectivity index (χ0n) is 18.4. The second-order valence-electron chi connectivity index (χ2n) is 7.28. The van der Waals surface area contributed by atoms with E-state index in [0.29, 0.717) is 36.1 Å². The minimum atomic E-state index is -3.81. The van der Waals surface area contributed by atoms with Gasteiger partial charge >= 0.3 is 0 Å². The second-order valence-corrected chi connectivity index (χ2v) is 9.17. The number of benzene rings is 2. The lowest BCUT2D eigenvalue weighted by molar-refractivity contribution is 0.293. The lowest BCUT2D eigenvalue weighted by Gasteiger charge is -2.36. The molecule has 0 radical (unpaired) electrons. The molecule has 2 aromatic carbocycles. The SMILES string of the molecule is COc1ccc(S(=O)(=O)N2CCn3cccc3[C@@H]2c2cc(OC)c(OC)c(OC)c2)cc1. The van der Waals surface area contributed by atoms with E-state index in [1.165, 1.54) is 25.6 Å². The second kappa shape index (κ2) is 8.76. The summed E-state index contributed by atoms with van der Waals surface area (Å²) in [6, 6.07) is 13.3. The van der Waals surface area contributed by atoms with E-state index in [1.54, 1.807) is 43.5 Å². The predicted octanol–water partition coefficient (Wildman–Crippen LogP) is 3.32. The Morgan fingerprint density at radius 1 is 0.844 bits per heavy atom. The van der Waals surface area contributed by atoms with Crippen molar-refractivity contribution in [3.8, 4) is 23.0 Å². The van der Waals surface area contributed by atoms with E-state index in [0.717, 1.165) is 11.3 Å². The van der Waals surface area contributed by atoms with Crippen molar-refractivity contribution in [2.45, 2.75) is 17.5 Å². The predicted molar refractivity (Wildman–Crippen MR) is 119 cm³/mol. The van der Waals surface area contributed by atoms with Crippen LogP contribution in [-0.2, 0) is 16.6 Å². The number of ether oxygens (including phenoxy) is 4. The van der Waals surface area contributed by atoms with E-state index >= 15 is 0 Å². The van der Waals surface area contributed by atoms with Gasteiger partial charge in [0.25, 0.3) is 0 Å². The van der Waals surface area contributed by atoms with Gasteiger partial charge in [0, 0.05) is 25.0 Å². The molecule has 2 heterocycles. The highest BCUT2D eigenvalue weighted by Crippen LogP contribution is 2.44. The molecule has 0 saturated heterocycles. The number of aromatic nitrogens is 1. The molecule has 0 unspecified atom stereocenters. The Labute approximate surface area is 187 Å². The standard InChI is InChI=1S/C23H26N2O6S/c1-28-17-7-9-18(10-8-17)32(26,27)25-13-12-24-11-5-6-19(24)22(25)16-14-20(29-2)23(31-4)21(15-16)30-3/h5-11,14-15,22H,12-13H2,1-4H3/t22-/m0/s1. The highest BCUT2D eigenvalue weighted by Gasteiger charge is 2.38. The third-order valence-corrected chi connectivity index (χ3v) is 7.54. The summed E-state index contributed by atoms with van der Waals surface area (Å²) < 4.78 is 52.7. The molecule has 1 aliphatic rings. The van der Waals surface area contributed by atoms with Gasteiger partial charge in [0.05, 0.1) is 39.4 Å². The monoisotopic (exact) mass is 458 g/mol. The third-order valence-electron chi connectivity index (χ3n) is 5.66. The Morgan fingerprint density at radius 2 is 1.50 bits per heavy atom. The molecule has 0 fully saturated rings. The van der Waals surface area contributed by atoms with E-state index in [9.17, 15) is 8.42 Å². The van der Waals surface area contributed by atoms with Crippen molar-refractivity contribution in [1.29, 1.82) is 0 Å². The molecule has 3 aromatic rings. The Balaban J connectivity index is 1.87. The van der Waals surface area contributed by atoms with Gasteiger partial charge < -0.3 is 23.5 Å². The Kier molecular flexibility index (Phi) is 6.03. The molecule has 0 saturated carbocycles. The molecule has 0 amide bonds. The first-order chi connectivity index (χ1) is 15.4. The fourth-order valence-electron chi connectivity index (χ4n) is 4.10. The van der Waals surface area contributed by atoms with E-state index in [1.807, 2.05) is 18.3 Å². The number of fused-ring (bicyclic) bond motifs is 1. The Morgan fingerprint density at radius 3 is 2.06 bits per heavy atom. The van der Waals surface area contributed by atoms with Crippen LogP contribution in [0.1, 0.15) is 17.3 Å². The summed E-state index contributed by atoms with van der Waals surface area (Å²) in [6.45, 7) is 0.871. The third kappa shape index (κ3) is 3.67. The molecule has 1 aliphatic heterocycles. The number of hydrogen-bond acceptors (Lipinski definition) is 6. The largest absolute Gasteiger partial charge is 0.497 e. The van der Waals surface area contributed by atoms with Crippen molar-refractivity contribution >= 4 is 10.0 Å². The number of methoxy groups -OCH3 is 4. The molecule has 0 aliphatic carbocycles. The van der Waals surface area contributed by atoms with Gasteiger partial charge in [0.15, 0.2) is 11.5 Å². The summed E-state index contributed by atoms with van der Waals surface area (Å²) in [5.41, 5.74) is 1.58. The van der Waals surface area contributed by atoms with Crippen LogP contribution < -0.4 is 18.9 Å². The van der Waals surface area contributed by atoms with Crippen molar-refractivity contribution in [3.05, 3.63) is 66.0 Å². The Bertz CT molecular complexity index is 1180. The first kappa shape index (κ1) is 22.0. The molecule has 0 bridgehead atoms. The molecule has 32 heavy (non-hydrogen) atoms. The normalized spacial score (nSPS) is 16.3. The molecule has 0 N–H and O–H groups in total. The van der Waals surface area contributed by atoms with Crippen molar-refractivity contribution in [1.82, 2.24) is 8.87 Å². The van der Waals surface area contributed by atoms with Gasteiger partial charge in [-0.05, 0) is 54.1 Å². The zero-order valence-corrected chi connectivity index (χ0v) is 19.3. The smallest absolute Gasteiger partial charge is 0.244 e. The summed E-state index contributed by atoms with van der Waals surface area (Å²) in [4.78, 5) is 0.204. The number of nitrogens with zero attached hydrogens (tertiary/aromatic N) is 2. The minimum absolute atomic E-state index is 0.204. The van der Waals surface area contributed by atoms with Crippen LogP contribution >= 0.6 is 0 Å². The van der Waals surface area contributed by atoms with E-state index in [-0.39, 0.29) is 4.90 Å². The summed E-state index contributed by atoms with van der Waals surface area (Å²) >= 11 is 0. The van der Waals surface area contributed by atoms with Gasteiger partial charge in [-0.3, -0.25) is 0 Å². The molecule has 0 spiro atoms. The quantitative estimate of drug-likeness (QED) is 0.541. The summed E-state index contributed by atoms with van der Waals surface area (Å²) in [6.07, 6.45) is 1.96. The molecule has 1 aromatic heterocycles. The van der Waals surface area contributed by atoms with Gasteiger partial charge in [0.1, 0.15) is 5.75 Å². The number of hydrogen-bond donors (Lipinski definition) is 0. The van der Waals surface area contributed by atoms with Crippen molar-refractivity contribution in [2.75, 3.05) is 35.0 Å². The maximum Gasteiger partial charge on any atom is 0.244 e. The fraction of sp³-hybridized carbons (Fsp3) is 0.304. The maximum atomic E-state index is 13.7. The highest BCUT2D eigenvalue weighted by molar-refractivity contribution is 7.89. The Hall–Kier alpha value is -3.17. The van der Waals surface area contributed by atoms with E-state index in [4.69, 9.17) is 18.9 Å². The van der Waals surface area contributed by atoms with E-state index < -0.39 is 16.1 Å². The van der Waals surface area contributed by atoms with Crippen LogP contribution in [0.5, 0.6) is 23.0 Å². The lowest BCUT2D eigenvalue weighted by atomic mass is 10.0. The van der Waals surface area contributed by atoms with Crippen LogP contribution in [0.3, 0.4) is 0 Å². The summed E-state index contributed by atoms with van der Waals surface area (Å²) in [5.74, 6) is 1.98.